The quantitative estimate of drug-likeness (QED) is 0.767. The summed E-state index contributed by atoms with van der Waals surface area (Å²) in [6.07, 6.45) is 4.62. The normalized spacial score (nSPS) is 17.2. The predicted octanol–water partition coefficient (Wildman–Crippen LogP) is 0.0134. The van der Waals surface area contributed by atoms with Crippen molar-refractivity contribution in [3.05, 3.63) is 18.2 Å². The number of aromatic nitrogens is 2. The van der Waals surface area contributed by atoms with Crippen LogP contribution in [0.1, 0.15) is 12.2 Å². The molecule has 0 radical (unpaired) electrons. The van der Waals surface area contributed by atoms with Gasteiger partial charge in [0.25, 0.3) is 0 Å². The number of nitrogens with one attached hydrogen (secondary N) is 1. The number of imidazole rings is 1. The van der Waals surface area contributed by atoms with Crippen molar-refractivity contribution >= 4 is 5.91 Å². The van der Waals surface area contributed by atoms with Crippen LogP contribution in [0.15, 0.2) is 12.4 Å². The molecule has 0 aromatic carbocycles. The van der Waals surface area contributed by atoms with Crippen molar-refractivity contribution in [1.29, 1.82) is 0 Å². The number of carbonyl (C=O) groups is 1. The van der Waals surface area contributed by atoms with Crippen LogP contribution in [0.25, 0.3) is 0 Å². The van der Waals surface area contributed by atoms with E-state index in [4.69, 9.17) is 0 Å². The van der Waals surface area contributed by atoms with Crippen LogP contribution >= 0.6 is 0 Å². The van der Waals surface area contributed by atoms with Crippen LogP contribution in [0.5, 0.6) is 0 Å². The fourth-order valence-corrected chi connectivity index (χ4v) is 1.91. The Balaban J connectivity index is 1.94. The van der Waals surface area contributed by atoms with Gasteiger partial charge >= 0.3 is 0 Å². The second-order valence-corrected chi connectivity index (χ2v) is 4.09. The third-order valence-electron chi connectivity index (χ3n) is 2.92. The molecule has 1 aliphatic rings. The molecule has 0 spiro atoms. The number of aryl methyl sites for hydroxylation is 1. The van der Waals surface area contributed by atoms with Gasteiger partial charge < -0.3 is 14.8 Å². The van der Waals surface area contributed by atoms with Gasteiger partial charge in [0.05, 0.1) is 0 Å². The van der Waals surface area contributed by atoms with E-state index >= 15 is 0 Å². The molecule has 2 heterocycles. The van der Waals surface area contributed by atoms with E-state index in [1.165, 1.54) is 0 Å². The van der Waals surface area contributed by atoms with E-state index in [2.05, 4.69) is 10.3 Å². The molecule has 1 aromatic rings. The third kappa shape index (κ3) is 2.61. The maximum Gasteiger partial charge on any atom is 0.242 e. The lowest BCUT2D eigenvalue weighted by Crippen LogP contribution is -2.36. The number of carbonyl (C=O) groups excluding carboxylic acids is 1. The van der Waals surface area contributed by atoms with Gasteiger partial charge in [0, 0.05) is 32.0 Å². The van der Waals surface area contributed by atoms with Crippen molar-refractivity contribution < 1.29 is 4.79 Å². The third-order valence-corrected chi connectivity index (χ3v) is 2.92. The minimum Gasteiger partial charge on any atom is -0.340 e. The second-order valence-electron chi connectivity index (χ2n) is 4.09. The molecule has 1 N–H and O–H groups in total. The van der Waals surface area contributed by atoms with Crippen LogP contribution in [-0.2, 0) is 11.3 Å². The maximum absolute atomic E-state index is 12.0. The van der Waals surface area contributed by atoms with Crippen LogP contribution in [-0.4, -0.2) is 46.5 Å². The van der Waals surface area contributed by atoms with E-state index < -0.39 is 0 Å². The molecule has 1 amide bonds. The second kappa shape index (κ2) is 5.12. The highest BCUT2D eigenvalue weighted by Gasteiger charge is 2.15. The summed E-state index contributed by atoms with van der Waals surface area (Å²) >= 11 is 0. The summed E-state index contributed by atoms with van der Waals surface area (Å²) in [6, 6.07) is 0. The van der Waals surface area contributed by atoms with Crippen molar-refractivity contribution in [2.24, 2.45) is 0 Å². The van der Waals surface area contributed by atoms with Crippen molar-refractivity contribution in [1.82, 2.24) is 19.8 Å². The highest BCUT2D eigenvalue weighted by atomic mass is 16.2. The number of hydrogen-bond acceptors (Lipinski definition) is 3. The van der Waals surface area contributed by atoms with Crippen LogP contribution in [0.3, 0.4) is 0 Å². The Hall–Kier alpha value is -1.36. The summed E-state index contributed by atoms with van der Waals surface area (Å²) in [5.41, 5.74) is 0. The standard InChI is InChI=1S/C11H18N4O/c1-10-13-5-8-15(10)9-11(16)14-6-2-3-12-4-7-14/h5,8,12H,2-4,6-7,9H2,1H3. The molecular formula is C11H18N4O. The Bertz CT molecular complexity index is 353. The molecule has 0 unspecified atom stereocenters. The molecule has 2 rings (SSSR count). The Morgan fingerprint density at radius 3 is 3.12 bits per heavy atom. The fraction of sp³-hybridized carbons (Fsp3) is 0.636. The molecule has 0 bridgehead atoms. The van der Waals surface area contributed by atoms with Crippen molar-refractivity contribution in [3.8, 4) is 0 Å². The molecule has 0 aliphatic carbocycles. The first-order valence-electron chi connectivity index (χ1n) is 5.73. The minimum absolute atomic E-state index is 0.185. The summed E-state index contributed by atoms with van der Waals surface area (Å²) in [5.74, 6) is 1.08. The molecule has 1 fully saturated rings. The minimum atomic E-state index is 0.185. The molecule has 1 aliphatic heterocycles. The van der Waals surface area contributed by atoms with Gasteiger partial charge in [-0.05, 0) is 19.9 Å². The van der Waals surface area contributed by atoms with E-state index in [0.717, 1.165) is 38.4 Å². The largest absolute Gasteiger partial charge is 0.340 e. The van der Waals surface area contributed by atoms with Gasteiger partial charge in [0.2, 0.25) is 5.91 Å². The van der Waals surface area contributed by atoms with Gasteiger partial charge in [0.1, 0.15) is 12.4 Å². The zero-order valence-electron chi connectivity index (χ0n) is 9.65. The smallest absolute Gasteiger partial charge is 0.242 e. The first kappa shape index (κ1) is 11.1. The Morgan fingerprint density at radius 1 is 1.50 bits per heavy atom. The van der Waals surface area contributed by atoms with Crippen LogP contribution < -0.4 is 5.32 Å². The van der Waals surface area contributed by atoms with Crippen molar-refractivity contribution in [2.75, 3.05) is 26.2 Å². The zero-order chi connectivity index (χ0) is 11.4. The molecular weight excluding hydrogens is 204 g/mol. The fourth-order valence-electron chi connectivity index (χ4n) is 1.91. The Labute approximate surface area is 95.5 Å². The predicted molar refractivity (Wildman–Crippen MR) is 61.0 cm³/mol. The lowest BCUT2D eigenvalue weighted by Gasteiger charge is -2.20. The van der Waals surface area contributed by atoms with Crippen molar-refractivity contribution in [3.63, 3.8) is 0 Å². The molecule has 88 valence electrons. The van der Waals surface area contributed by atoms with Gasteiger partial charge in [0.15, 0.2) is 0 Å². The lowest BCUT2D eigenvalue weighted by atomic mass is 10.3. The van der Waals surface area contributed by atoms with Gasteiger partial charge in [-0.1, -0.05) is 0 Å². The average molecular weight is 222 g/mol. The van der Waals surface area contributed by atoms with E-state index in [1.54, 1.807) is 6.20 Å². The SMILES string of the molecule is Cc1nccn1CC(=O)N1CCCNCC1. The molecule has 1 aromatic heterocycles. The topological polar surface area (TPSA) is 50.2 Å². The molecule has 5 heteroatoms. The number of rotatable bonds is 2. The number of nitrogens with zero attached hydrogens (tertiary/aromatic N) is 3. The zero-order valence-corrected chi connectivity index (χ0v) is 9.65. The summed E-state index contributed by atoms with van der Waals surface area (Å²) in [7, 11) is 0. The monoisotopic (exact) mass is 222 g/mol. The maximum atomic E-state index is 12.0. The molecule has 1 saturated heterocycles. The van der Waals surface area contributed by atoms with E-state index in [9.17, 15) is 4.79 Å². The van der Waals surface area contributed by atoms with E-state index in [-0.39, 0.29) is 5.91 Å². The molecule has 5 nitrogen and oxygen atoms in total. The first-order valence-corrected chi connectivity index (χ1v) is 5.73. The Morgan fingerprint density at radius 2 is 2.38 bits per heavy atom. The van der Waals surface area contributed by atoms with Gasteiger partial charge in [-0.3, -0.25) is 4.79 Å². The first-order chi connectivity index (χ1) is 7.77. The number of hydrogen-bond donors (Lipinski definition) is 1. The van der Waals surface area contributed by atoms with E-state index in [0.29, 0.717) is 6.54 Å². The highest BCUT2D eigenvalue weighted by Crippen LogP contribution is 2.01. The van der Waals surface area contributed by atoms with Crippen LogP contribution in [0.4, 0.5) is 0 Å². The molecule has 0 atom stereocenters. The average Bonchev–Trinajstić information content (AvgIpc) is 2.57. The molecule has 16 heavy (non-hydrogen) atoms. The van der Waals surface area contributed by atoms with Crippen molar-refractivity contribution in [2.45, 2.75) is 19.9 Å². The number of amides is 1. The van der Waals surface area contributed by atoms with Crippen LogP contribution in [0.2, 0.25) is 0 Å². The van der Waals surface area contributed by atoms with Gasteiger partial charge in [-0.2, -0.15) is 0 Å². The summed E-state index contributed by atoms with van der Waals surface area (Å²) < 4.78 is 1.89. The van der Waals surface area contributed by atoms with E-state index in [1.807, 2.05) is 22.6 Å². The Kier molecular flexibility index (Phi) is 3.56. The highest BCUT2D eigenvalue weighted by molar-refractivity contribution is 5.76. The summed E-state index contributed by atoms with van der Waals surface area (Å²) in [4.78, 5) is 18.1. The summed E-state index contributed by atoms with van der Waals surface area (Å²) in [5, 5.41) is 3.29. The summed E-state index contributed by atoms with van der Waals surface area (Å²) in [6.45, 7) is 5.90. The molecule has 0 saturated carbocycles. The van der Waals surface area contributed by atoms with Gasteiger partial charge in [-0.25, -0.2) is 4.98 Å². The van der Waals surface area contributed by atoms with Gasteiger partial charge in [-0.15, -0.1) is 0 Å². The lowest BCUT2D eigenvalue weighted by molar-refractivity contribution is -0.131. The van der Waals surface area contributed by atoms with Crippen LogP contribution in [0, 0.1) is 6.92 Å².